The van der Waals surface area contributed by atoms with Gasteiger partial charge in [0, 0.05) is 30.6 Å². The SMILES string of the molecule is C#CC1CCC(c2cc(N3CCOC[C@H]3C)nc3c2CNN3c2ccn[nH]2)CC1. The molecule has 1 aliphatic carbocycles. The molecular formula is C22H28N6O. The molecule has 2 aliphatic heterocycles. The van der Waals surface area contributed by atoms with Crippen molar-refractivity contribution < 1.29 is 4.74 Å². The third kappa shape index (κ3) is 3.37. The van der Waals surface area contributed by atoms with Crippen LogP contribution in [0.25, 0.3) is 0 Å². The topological polar surface area (TPSA) is 69.3 Å². The highest BCUT2D eigenvalue weighted by molar-refractivity contribution is 5.67. The Morgan fingerprint density at radius 2 is 2.14 bits per heavy atom. The third-order valence-electron chi connectivity index (χ3n) is 6.54. The Balaban J connectivity index is 1.55. The summed E-state index contributed by atoms with van der Waals surface area (Å²) < 4.78 is 5.65. The number of terminal acetylenes is 1. The van der Waals surface area contributed by atoms with Crippen molar-refractivity contribution in [3.8, 4) is 12.3 Å². The highest BCUT2D eigenvalue weighted by Gasteiger charge is 2.32. The maximum Gasteiger partial charge on any atom is 0.156 e. The first-order valence-electron chi connectivity index (χ1n) is 10.6. The zero-order valence-corrected chi connectivity index (χ0v) is 16.9. The number of anilines is 3. The van der Waals surface area contributed by atoms with Gasteiger partial charge in [-0.3, -0.25) is 5.10 Å². The van der Waals surface area contributed by atoms with Crippen molar-refractivity contribution in [1.29, 1.82) is 0 Å². The summed E-state index contributed by atoms with van der Waals surface area (Å²) >= 11 is 0. The standard InChI is InChI=1S/C22H28N6O/c1-3-16-4-6-17(7-5-16)18-12-21(27-10-11-29-14-15(27)2)25-22-19(18)13-24-28(22)20-8-9-23-26-20/h1,8-9,12,15-17,24H,4-7,10-11,13-14H2,2H3,(H,23,26)/t15-,16?,17?/m1/s1. The van der Waals surface area contributed by atoms with Gasteiger partial charge in [-0.2, -0.15) is 5.10 Å². The molecule has 2 aromatic heterocycles. The van der Waals surface area contributed by atoms with Crippen LogP contribution >= 0.6 is 0 Å². The van der Waals surface area contributed by atoms with Crippen LogP contribution < -0.4 is 15.3 Å². The minimum absolute atomic E-state index is 0.314. The van der Waals surface area contributed by atoms with E-state index in [0.29, 0.717) is 17.9 Å². The number of hydrogen-bond donors (Lipinski definition) is 2. The predicted octanol–water partition coefficient (Wildman–Crippen LogP) is 3.09. The molecule has 0 amide bonds. The van der Waals surface area contributed by atoms with Crippen LogP contribution in [0.5, 0.6) is 0 Å². The minimum Gasteiger partial charge on any atom is -0.377 e. The molecule has 0 radical (unpaired) electrons. The van der Waals surface area contributed by atoms with Gasteiger partial charge in [-0.05, 0) is 50.2 Å². The quantitative estimate of drug-likeness (QED) is 0.783. The summed E-state index contributed by atoms with van der Waals surface area (Å²) in [5.41, 5.74) is 6.21. The van der Waals surface area contributed by atoms with Crippen LogP contribution in [0.3, 0.4) is 0 Å². The number of nitrogens with zero attached hydrogens (tertiary/aromatic N) is 4. The lowest BCUT2D eigenvalue weighted by molar-refractivity contribution is 0.0985. The Morgan fingerprint density at radius 3 is 2.86 bits per heavy atom. The van der Waals surface area contributed by atoms with Crippen molar-refractivity contribution in [3.05, 3.63) is 29.5 Å². The first kappa shape index (κ1) is 18.5. The van der Waals surface area contributed by atoms with Gasteiger partial charge in [0.15, 0.2) is 5.82 Å². The summed E-state index contributed by atoms with van der Waals surface area (Å²) in [7, 11) is 0. The highest BCUT2D eigenvalue weighted by atomic mass is 16.5. The number of hydrogen-bond acceptors (Lipinski definition) is 6. The molecule has 5 rings (SSSR count). The molecule has 2 fully saturated rings. The largest absolute Gasteiger partial charge is 0.377 e. The number of fused-ring (bicyclic) bond motifs is 1. The van der Waals surface area contributed by atoms with Crippen LogP contribution in [0.2, 0.25) is 0 Å². The molecule has 3 aliphatic rings. The highest BCUT2D eigenvalue weighted by Crippen LogP contribution is 2.43. The van der Waals surface area contributed by atoms with Crippen molar-refractivity contribution in [3.63, 3.8) is 0 Å². The predicted molar refractivity (Wildman–Crippen MR) is 113 cm³/mol. The van der Waals surface area contributed by atoms with E-state index in [4.69, 9.17) is 16.1 Å². The molecule has 29 heavy (non-hydrogen) atoms. The number of aromatic nitrogens is 3. The second-order valence-corrected chi connectivity index (χ2v) is 8.32. The first-order chi connectivity index (χ1) is 14.2. The van der Waals surface area contributed by atoms with Crippen LogP contribution in [0.4, 0.5) is 17.5 Å². The Labute approximate surface area is 171 Å². The molecule has 1 saturated heterocycles. The first-order valence-corrected chi connectivity index (χ1v) is 10.6. The van der Waals surface area contributed by atoms with Gasteiger partial charge in [-0.15, -0.1) is 12.3 Å². The van der Waals surface area contributed by atoms with Crippen LogP contribution in [0.1, 0.15) is 49.7 Å². The fourth-order valence-electron chi connectivity index (χ4n) is 4.88. The number of pyridine rings is 1. The van der Waals surface area contributed by atoms with Crippen LogP contribution in [0, 0.1) is 18.3 Å². The molecule has 2 aromatic rings. The molecule has 1 saturated carbocycles. The minimum atomic E-state index is 0.314. The van der Waals surface area contributed by atoms with Gasteiger partial charge in [-0.1, -0.05) is 0 Å². The molecule has 7 heteroatoms. The van der Waals surface area contributed by atoms with E-state index >= 15 is 0 Å². The van der Waals surface area contributed by atoms with E-state index in [1.165, 1.54) is 11.1 Å². The van der Waals surface area contributed by atoms with E-state index < -0.39 is 0 Å². The molecule has 4 heterocycles. The van der Waals surface area contributed by atoms with Gasteiger partial charge in [0.2, 0.25) is 0 Å². The number of morpholine rings is 1. The maximum absolute atomic E-state index is 5.68. The summed E-state index contributed by atoms with van der Waals surface area (Å²) in [6.07, 6.45) is 12.0. The van der Waals surface area contributed by atoms with Gasteiger partial charge < -0.3 is 9.64 Å². The van der Waals surface area contributed by atoms with Gasteiger partial charge in [-0.25, -0.2) is 15.4 Å². The lowest BCUT2D eigenvalue weighted by Crippen LogP contribution is -2.44. The Bertz CT molecular complexity index is 897. The Morgan fingerprint density at radius 1 is 1.28 bits per heavy atom. The average molecular weight is 393 g/mol. The fourth-order valence-corrected chi connectivity index (χ4v) is 4.88. The van der Waals surface area contributed by atoms with Crippen molar-refractivity contribution in [2.24, 2.45) is 5.92 Å². The lowest BCUT2D eigenvalue weighted by atomic mass is 9.78. The molecule has 0 spiro atoms. The third-order valence-corrected chi connectivity index (χ3v) is 6.54. The molecule has 1 atom stereocenters. The van der Waals surface area contributed by atoms with E-state index in [0.717, 1.165) is 69.4 Å². The zero-order valence-electron chi connectivity index (χ0n) is 16.9. The molecule has 0 unspecified atom stereocenters. The molecule has 0 bridgehead atoms. The van der Waals surface area contributed by atoms with Crippen molar-refractivity contribution in [1.82, 2.24) is 20.6 Å². The molecular weight excluding hydrogens is 364 g/mol. The number of ether oxygens (including phenoxy) is 1. The van der Waals surface area contributed by atoms with E-state index in [1.807, 2.05) is 11.1 Å². The second kappa shape index (κ2) is 7.69. The summed E-state index contributed by atoms with van der Waals surface area (Å²) in [4.78, 5) is 7.48. The van der Waals surface area contributed by atoms with Crippen molar-refractivity contribution in [2.45, 2.75) is 51.1 Å². The number of aromatic amines is 1. The number of hydrazine groups is 1. The summed E-state index contributed by atoms with van der Waals surface area (Å²) in [6, 6.07) is 4.61. The Kier molecular flexibility index (Phi) is 4.90. The van der Waals surface area contributed by atoms with Crippen LogP contribution in [0.15, 0.2) is 18.3 Å². The van der Waals surface area contributed by atoms with E-state index in [9.17, 15) is 0 Å². The molecule has 2 N–H and O–H groups in total. The monoisotopic (exact) mass is 392 g/mol. The van der Waals surface area contributed by atoms with Crippen molar-refractivity contribution in [2.75, 3.05) is 29.7 Å². The van der Waals surface area contributed by atoms with E-state index in [2.05, 4.69) is 39.4 Å². The second-order valence-electron chi connectivity index (χ2n) is 8.32. The van der Waals surface area contributed by atoms with Gasteiger partial charge in [0.25, 0.3) is 0 Å². The maximum atomic E-state index is 5.68. The van der Waals surface area contributed by atoms with Gasteiger partial charge >= 0.3 is 0 Å². The van der Waals surface area contributed by atoms with Gasteiger partial charge in [0.05, 0.1) is 25.5 Å². The Hall–Kier alpha value is -2.56. The summed E-state index contributed by atoms with van der Waals surface area (Å²) in [5, 5.41) is 9.21. The zero-order chi connectivity index (χ0) is 19.8. The fraction of sp³-hybridized carbons (Fsp3) is 0.545. The van der Waals surface area contributed by atoms with Crippen LogP contribution in [-0.2, 0) is 11.3 Å². The molecule has 0 aromatic carbocycles. The van der Waals surface area contributed by atoms with E-state index in [-0.39, 0.29) is 0 Å². The summed E-state index contributed by atoms with van der Waals surface area (Å²) in [5.74, 6) is 6.86. The van der Waals surface area contributed by atoms with E-state index in [1.54, 1.807) is 6.20 Å². The number of nitrogens with one attached hydrogen (secondary N) is 2. The van der Waals surface area contributed by atoms with Crippen LogP contribution in [-0.4, -0.2) is 41.0 Å². The average Bonchev–Trinajstić information content (AvgIpc) is 3.43. The normalized spacial score (nSPS) is 27.0. The lowest BCUT2D eigenvalue weighted by Gasteiger charge is -2.36. The van der Waals surface area contributed by atoms with Gasteiger partial charge in [0.1, 0.15) is 11.6 Å². The summed E-state index contributed by atoms with van der Waals surface area (Å²) in [6.45, 7) is 5.34. The number of H-pyrrole nitrogens is 1. The molecule has 7 nitrogen and oxygen atoms in total. The smallest absolute Gasteiger partial charge is 0.156 e. The van der Waals surface area contributed by atoms with Crippen molar-refractivity contribution >= 4 is 17.5 Å². The number of rotatable bonds is 3. The molecule has 152 valence electrons.